The van der Waals surface area contributed by atoms with Gasteiger partial charge in [0.05, 0.1) is 16.8 Å². The number of sulfonamides is 1. The van der Waals surface area contributed by atoms with Crippen LogP contribution in [0.1, 0.15) is 28.8 Å². The first kappa shape index (κ1) is 27.8. The maximum Gasteiger partial charge on any atom is 0.387 e. The second kappa shape index (κ2) is 11.0. The van der Waals surface area contributed by atoms with Crippen LogP contribution in [0.5, 0.6) is 5.75 Å². The second-order valence-corrected chi connectivity index (χ2v) is 11.4. The molecule has 0 radical (unpaired) electrons. The van der Waals surface area contributed by atoms with Crippen LogP contribution in [0, 0.1) is 0 Å². The monoisotopic (exact) mass is 587 g/mol. The van der Waals surface area contributed by atoms with E-state index in [1.807, 2.05) is 0 Å². The number of fused-ring (bicyclic) bond motifs is 1. The second-order valence-electron chi connectivity index (χ2n) is 9.33. The summed E-state index contributed by atoms with van der Waals surface area (Å²) in [4.78, 5) is 18.7. The third kappa shape index (κ3) is 5.58. The molecule has 1 fully saturated rings. The number of piperidine rings is 1. The van der Waals surface area contributed by atoms with Gasteiger partial charge in [-0.25, -0.2) is 8.42 Å². The highest BCUT2D eigenvalue weighted by Crippen LogP contribution is 2.37. The molecule has 0 saturated carbocycles. The first-order chi connectivity index (χ1) is 19.1. The van der Waals surface area contributed by atoms with Gasteiger partial charge in [-0.3, -0.25) is 14.5 Å². The minimum atomic E-state index is -4.27. The number of alkyl halides is 2. The molecule has 0 aliphatic carbocycles. The number of ether oxygens (including phenoxy) is 1. The van der Waals surface area contributed by atoms with Crippen molar-refractivity contribution in [2.24, 2.45) is 0 Å². The Morgan fingerprint density at radius 2 is 1.77 bits per heavy atom. The zero-order chi connectivity index (χ0) is 28.5. The fourth-order valence-electron chi connectivity index (χ4n) is 4.80. The molecule has 2 heterocycles. The first-order valence-electron chi connectivity index (χ1n) is 12.3. The molecule has 2 N–H and O–H groups in total. The Morgan fingerprint density at radius 3 is 2.50 bits per heavy atom. The number of halogens is 3. The number of aromatic nitrogens is 1. The number of nitrogens with one attached hydrogen (secondary N) is 1. The van der Waals surface area contributed by atoms with E-state index in [4.69, 9.17) is 11.6 Å². The number of rotatable bonds is 7. The SMILES string of the molecule is O=C(c1ccc(NS(=O)(=O)c2cccc3cccnc23)c(OC(F)F)c1)N1CCC(O)(c2ccccc2Cl)CC1. The summed E-state index contributed by atoms with van der Waals surface area (Å²) in [6.45, 7) is -2.89. The van der Waals surface area contributed by atoms with Crippen LogP contribution < -0.4 is 9.46 Å². The smallest absolute Gasteiger partial charge is 0.387 e. The lowest BCUT2D eigenvalue weighted by molar-refractivity contribution is -0.0494. The maximum atomic E-state index is 13.3. The average Bonchev–Trinajstić information content (AvgIpc) is 2.93. The van der Waals surface area contributed by atoms with Crippen molar-refractivity contribution in [2.45, 2.75) is 29.9 Å². The van der Waals surface area contributed by atoms with Crippen LogP contribution in [-0.4, -0.2) is 49.0 Å². The number of aliphatic hydroxyl groups is 1. The van der Waals surface area contributed by atoms with Crippen LogP contribution in [0.15, 0.2) is 83.9 Å². The molecule has 40 heavy (non-hydrogen) atoms. The number of para-hydroxylation sites is 1. The van der Waals surface area contributed by atoms with Crippen LogP contribution in [0.2, 0.25) is 5.02 Å². The minimum absolute atomic E-state index is 0.0219. The van der Waals surface area contributed by atoms with Gasteiger partial charge >= 0.3 is 6.61 Å². The van der Waals surface area contributed by atoms with Gasteiger partial charge in [0.2, 0.25) is 0 Å². The first-order valence-corrected chi connectivity index (χ1v) is 14.2. The van der Waals surface area contributed by atoms with E-state index in [-0.39, 0.29) is 47.6 Å². The number of carbonyl (C=O) groups is 1. The Bertz CT molecular complexity index is 1670. The van der Waals surface area contributed by atoms with Gasteiger partial charge < -0.3 is 14.7 Å². The lowest BCUT2D eigenvalue weighted by Gasteiger charge is -2.39. The third-order valence-corrected chi connectivity index (χ3v) is 8.55. The quantitative estimate of drug-likeness (QED) is 0.299. The number of carbonyl (C=O) groups excluding carboxylic acids is 1. The highest BCUT2D eigenvalue weighted by Gasteiger charge is 2.37. The summed E-state index contributed by atoms with van der Waals surface area (Å²) < 4.78 is 59.9. The van der Waals surface area contributed by atoms with E-state index >= 15 is 0 Å². The van der Waals surface area contributed by atoms with E-state index < -0.39 is 33.9 Å². The van der Waals surface area contributed by atoms with Crippen molar-refractivity contribution in [3.63, 3.8) is 0 Å². The zero-order valence-electron chi connectivity index (χ0n) is 20.9. The standard InChI is InChI=1S/C28H24ClF2N3O5S/c29-21-8-2-1-7-20(21)28(36)12-15-34(16-13-28)26(35)19-10-11-22(23(17-19)39-27(30)31)33-40(37,38)24-9-3-5-18-6-4-14-32-25(18)24/h1-11,14,17,27,33,36H,12-13,15-16H2. The number of nitrogens with zero attached hydrogens (tertiary/aromatic N) is 2. The largest absolute Gasteiger partial charge is 0.433 e. The van der Waals surface area contributed by atoms with Crippen molar-refractivity contribution in [1.29, 1.82) is 0 Å². The van der Waals surface area contributed by atoms with Gasteiger partial charge in [-0.2, -0.15) is 8.78 Å². The normalized spacial score (nSPS) is 15.3. The molecular formula is C28H24ClF2N3O5S. The molecular weight excluding hydrogens is 564 g/mol. The minimum Gasteiger partial charge on any atom is -0.433 e. The number of hydrogen-bond acceptors (Lipinski definition) is 6. The molecule has 0 spiro atoms. The fourth-order valence-corrected chi connectivity index (χ4v) is 6.36. The van der Waals surface area contributed by atoms with Gasteiger partial charge in [0.25, 0.3) is 15.9 Å². The van der Waals surface area contributed by atoms with Crippen LogP contribution in [-0.2, 0) is 15.6 Å². The van der Waals surface area contributed by atoms with Gasteiger partial charge in [-0.15, -0.1) is 0 Å². The van der Waals surface area contributed by atoms with Gasteiger partial charge in [-0.1, -0.05) is 48.0 Å². The Labute approximate surface area is 234 Å². The number of likely N-dealkylation sites (tertiary alicyclic amines) is 1. The Balaban J connectivity index is 1.38. The topological polar surface area (TPSA) is 109 Å². The number of pyridine rings is 1. The predicted molar refractivity (Wildman–Crippen MR) is 146 cm³/mol. The Kier molecular flexibility index (Phi) is 7.63. The molecule has 1 aliphatic rings. The molecule has 5 rings (SSSR count). The van der Waals surface area contributed by atoms with Gasteiger partial charge in [0, 0.05) is 40.8 Å². The molecule has 1 amide bonds. The third-order valence-electron chi connectivity index (χ3n) is 6.83. The molecule has 4 aromatic rings. The molecule has 0 bridgehead atoms. The van der Waals surface area contributed by atoms with Gasteiger partial charge in [0.1, 0.15) is 4.90 Å². The number of hydrogen-bond donors (Lipinski definition) is 2. The number of amides is 1. The summed E-state index contributed by atoms with van der Waals surface area (Å²) in [6, 6.07) is 18.5. The van der Waals surface area contributed by atoms with Crippen LogP contribution in [0.3, 0.4) is 0 Å². The van der Waals surface area contributed by atoms with Crippen molar-refractivity contribution < 1.29 is 31.8 Å². The van der Waals surface area contributed by atoms with Gasteiger partial charge in [0.15, 0.2) is 5.75 Å². The molecule has 1 aromatic heterocycles. The summed E-state index contributed by atoms with van der Waals surface area (Å²) in [5, 5.41) is 12.2. The molecule has 0 atom stereocenters. The highest BCUT2D eigenvalue weighted by atomic mass is 35.5. The van der Waals surface area contributed by atoms with E-state index in [9.17, 15) is 27.1 Å². The number of benzene rings is 3. The van der Waals surface area contributed by atoms with Crippen LogP contribution >= 0.6 is 11.6 Å². The molecule has 8 nitrogen and oxygen atoms in total. The van der Waals surface area contributed by atoms with E-state index in [1.54, 1.807) is 48.5 Å². The Morgan fingerprint density at radius 1 is 1.05 bits per heavy atom. The Hall–Kier alpha value is -3.80. The predicted octanol–water partition coefficient (Wildman–Crippen LogP) is 5.41. The average molecular weight is 588 g/mol. The zero-order valence-corrected chi connectivity index (χ0v) is 22.5. The molecule has 12 heteroatoms. The van der Waals surface area contributed by atoms with Gasteiger partial charge in [-0.05, 0) is 49.2 Å². The molecule has 1 aliphatic heterocycles. The van der Waals surface area contributed by atoms with Crippen LogP contribution in [0.25, 0.3) is 10.9 Å². The van der Waals surface area contributed by atoms with Crippen molar-refractivity contribution >= 4 is 44.1 Å². The summed E-state index contributed by atoms with van der Waals surface area (Å²) >= 11 is 6.26. The molecule has 1 saturated heterocycles. The lowest BCUT2D eigenvalue weighted by atomic mass is 9.84. The summed E-state index contributed by atoms with van der Waals surface area (Å²) in [7, 11) is -4.27. The van der Waals surface area contributed by atoms with E-state index in [1.165, 1.54) is 29.3 Å². The number of anilines is 1. The lowest BCUT2D eigenvalue weighted by Crippen LogP contribution is -2.45. The van der Waals surface area contributed by atoms with Crippen molar-refractivity contribution in [3.8, 4) is 5.75 Å². The van der Waals surface area contributed by atoms with E-state index in [2.05, 4.69) is 14.4 Å². The van der Waals surface area contributed by atoms with E-state index in [0.717, 1.165) is 6.07 Å². The van der Waals surface area contributed by atoms with Crippen molar-refractivity contribution in [3.05, 3.63) is 95.1 Å². The van der Waals surface area contributed by atoms with E-state index in [0.29, 0.717) is 16.0 Å². The van der Waals surface area contributed by atoms with Crippen LogP contribution in [0.4, 0.5) is 14.5 Å². The summed E-state index contributed by atoms with van der Waals surface area (Å²) in [6.07, 6.45) is 1.89. The summed E-state index contributed by atoms with van der Waals surface area (Å²) in [5.41, 5.74) is -0.667. The van der Waals surface area contributed by atoms with Crippen molar-refractivity contribution in [2.75, 3.05) is 17.8 Å². The summed E-state index contributed by atoms with van der Waals surface area (Å²) in [5.74, 6) is -0.991. The molecule has 3 aromatic carbocycles. The molecule has 0 unspecified atom stereocenters. The fraction of sp³-hybridized carbons (Fsp3) is 0.214. The molecule has 208 valence electrons. The highest BCUT2D eigenvalue weighted by molar-refractivity contribution is 7.93. The van der Waals surface area contributed by atoms with Crippen molar-refractivity contribution in [1.82, 2.24) is 9.88 Å². The maximum absolute atomic E-state index is 13.3.